The summed E-state index contributed by atoms with van der Waals surface area (Å²) >= 11 is 0. The van der Waals surface area contributed by atoms with E-state index in [1.54, 1.807) is 42.7 Å². The smallest absolute Gasteiger partial charge is 0.246 e. The Morgan fingerprint density at radius 1 is 1.31 bits per heavy atom. The predicted molar refractivity (Wildman–Crippen MR) is 129 cm³/mol. The number of aliphatic hydroxyl groups is 1. The van der Waals surface area contributed by atoms with Gasteiger partial charge >= 0.3 is 0 Å². The summed E-state index contributed by atoms with van der Waals surface area (Å²) in [5, 5.41) is 23.2. The highest BCUT2D eigenvalue weighted by Crippen LogP contribution is 2.64. The van der Waals surface area contributed by atoms with E-state index in [1.165, 1.54) is 18.9 Å². The number of likely N-dealkylation sites (N-methyl/N-ethyl adjacent to an activating group) is 1. The molecule has 5 aliphatic rings. The van der Waals surface area contributed by atoms with Crippen LogP contribution in [-0.4, -0.2) is 69.8 Å². The summed E-state index contributed by atoms with van der Waals surface area (Å²) < 4.78 is 11.6. The van der Waals surface area contributed by atoms with Gasteiger partial charge < -0.3 is 24.3 Å². The Labute approximate surface area is 204 Å². The van der Waals surface area contributed by atoms with Gasteiger partial charge in [0.15, 0.2) is 11.5 Å². The van der Waals surface area contributed by atoms with Gasteiger partial charge in [-0.25, -0.2) is 0 Å². The van der Waals surface area contributed by atoms with E-state index >= 15 is 0 Å². The standard InChI is InChI=1S/C28H30N2O5/c1-29(23(32)7-4-18-9-13-34-16-18)20-8-10-28(33)22-14-19-5-6-21(31)25-24(19)27(28,26(20)35-25)11-12-30(22)15-17-2-3-17/h4-10,13,16-17,20,22,26,31,33H,2-3,11-12,14-15H2,1H3/b7-4+/t20?,22-,26?,27+,28-/m1/s1. The Kier molecular flexibility index (Phi) is 4.40. The van der Waals surface area contributed by atoms with E-state index in [2.05, 4.69) is 4.90 Å². The van der Waals surface area contributed by atoms with Crippen LogP contribution >= 0.6 is 0 Å². The minimum absolute atomic E-state index is 0.0508. The number of ether oxygens (including phenoxy) is 1. The Bertz CT molecular complexity index is 1250. The second-order valence-corrected chi connectivity index (χ2v) is 10.9. The number of furan rings is 1. The van der Waals surface area contributed by atoms with Gasteiger partial charge in [0.1, 0.15) is 11.7 Å². The zero-order valence-electron chi connectivity index (χ0n) is 19.8. The summed E-state index contributed by atoms with van der Waals surface area (Å²) in [6, 6.07) is 5.06. The molecular weight excluding hydrogens is 444 g/mol. The number of phenols is 1. The molecule has 0 radical (unpaired) electrons. The molecule has 182 valence electrons. The van der Waals surface area contributed by atoms with Gasteiger partial charge in [0.2, 0.25) is 5.91 Å². The minimum atomic E-state index is -1.12. The number of benzene rings is 1. The van der Waals surface area contributed by atoms with E-state index in [-0.39, 0.29) is 23.7 Å². The van der Waals surface area contributed by atoms with Crippen molar-refractivity contribution >= 4 is 12.0 Å². The Hall–Kier alpha value is -3.03. The van der Waals surface area contributed by atoms with E-state index < -0.39 is 17.1 Å². The lowest BCUT2D eigenvalue weighted by Gasteiger charge is -2.62. The van der Waals surface area contributed by atoms with Crippen molar-refractivity contribution in [1.82, 2.24) is 9.80 Å². The molecule has 5 atom stereocenters. The molecule has 35 heavy (non-hydrogen) atoms. The molecule has 7 nitrogen and oxygen atoms in total. The van der Waals surface area contributed by atoms with Crippen LogP contribution in [0.25, 0.3) is 6.08 Å². The molecule has 2 aliphatic heterocycles. The average molecular weight is 475 g/mol. The van der Waals surface area contributed by atoms with Gasteiger partial charge in [-0.2, -0.15) is 0 Å². The Morgan fingerprint density at radius 2 is 2.17 bits per heavy atom. The molecule has 3 aliphatic carbocycles. The molecule has 7 rings (SSSR count). The zero-order chi connectivity index (χ0) is 23.9. The zero-order valence-corrected chi connectivity index (χ0v) is 19.8. The first kappa shape index (κ1) is 21.3. The SMILES string of the molecule is CN(C(=O)/C=C/c1ccoc1)C1C=C[C@@]2(O)[C@H]3Cc4ccc(O)c5c4[C@@]2(CCN3CC2CC2)C1O5. The van der Waals surface area contributed by atoms with Crippen molar-refractivity contribution in [3.8, 4) is 11.5 Å². The van der Waals surface area contributed by atoms with E-state index in [1.807, 2.05) is 18.2 Å². The number of hydrogen-bond donors (Lipinski definition) is 2. The van der Waals surface area contributed by atoms with Gasteiger partial charge in [-0.05, 0) is 61.9 Å². The van der Waals surface area contributed by atoms with Crippen molar-refractivity contribution in [3.05, 3.63) is 65.6 Å². The number of nitrogens with zero attached hydrogens (tertiary/aromatic N) is 2. The van der Waals surface area contributed by atoms with Crippen molar-refractivity contribution < 1.29 is 24.2 Å². The molecule has 3 heterocycles. The monoisotopic (exact) mass is 474 g/mol. The fraction of sp³-hybridized carbons (Fsp3) is 0.464. The summed E-state index contributed by atoms with van der Waals surface area (Å²) in [4.78, 5) is 17.3. The van der Waals surface area contributed by atoms with Crippen LogP contribution in [0.1, 0.15) is 36.0 Å². The Morgan fingerprint density at radius 3 is 2.94 bits per heavy atom. The van der Waals surface area contributed by atoms with Crippen LogP contribution in [0, 0.1) is 5.92 Å². The van der Waals surface area contributed by atoms with Crippen LogP contribution in [0.4, 0.5) is 0 Å². The molecule has 1 saturated heterocycles. The second kappa shape index (κ2) is 7.24. The topological polar surface area (TPSA) is 86.4 Å². The third kappa shape index (κ3) is 2.82. The van der Waals surface area contributed by atoms with Gasteiger partial charge in [-0.1, -0.05) is 18.2 Å². The number of aromatic hydroxyl groups is 1. The van der Waals surface area contributed by atoms with Crippen LogP contribution in [0.15, 0.2) is 53.4 Å². The molecule has 2 bridgehead atoms. The van der Waals surface area contributed by atoms with Crippen molar-refractivity contribution in [3.63, 3.8) is 0 Å². The third-order valence-electron chi connectivity index (χ3n) is 9.07. The summed E-state index contributed by atoms with van der Waals surface area (Å²) in [7, 11) is 1.77. The van der Waals surface area contributed by atoms with Crippen LogP contribution in [0.5, 0.6) is 11.5 Å². The number of carbonyl (C=O) groups is 1. The molecule has 2 unspecified atom stereocenters. The van der Waals surface area contributed by atoms with Gasteiger partial charge in [0.05, 0.1) is 24.0 Å². The molecular formula is C28H30N2O5. The lowest BCUT2D eigenvalue weighted by molar-refractivity contribution is -0.154. The largest absolute Gasteiger partial charge is 0.504 e. The fourth-order valence-electron chi connectivity index (χ4n) is 7.15. The second-order valence-electron chi connectivity index (χ2n) is 10.9. The van der Waals surface area contributed by atoms with Crippen molar-refractivity contribution in [1.29, 1.82) is 0 Å². The van der Waals surface area contributed by atoms with E-state index in [0.717, 1.165) is 42.1 Å². The first-order valence-corrected chi connectivity index (χ1v) is 12.6. The van der Waals surface area contributed by atoms with Crippen molar-refractivity contribution in [2.24, 2.45) is 5.92 Å². The number of amides is 1. The first-order chi connectivity index (χ1) is 16.9. The highest BCUT2D eigenvalue weighted by Gasteiger charge is 2.72. The van der Waals surface area contributed by atoms with E-state index in [4.69, 9.17) is 9.15 Å². The van der Waals surface area contributed by atoms with E-state index in [0.29, 0.717) is 12.2 Å². The van der Waals surface area contributed by atoms with Crippen molar-refractivity contribution in [2.45, 2.75) is 54.9 Å². The lowest BCUT2D eigenvalue weighted by Crippen LogP contribution is -2.76. The van der Waals surface area contributed by atoms with E-state index in [9.17, 15) is 15.0 Å². The molecule has 2 N–H and O–H groups in total. The highest BCUT2D eigenvalue weighted by molar-refractivity contribution is 5.92. The quantitative estimate of drug-likeness (QED) is 0.512. The Balaban J connectivity index is 1.30. The number of hydrogen-bond acceptors (Lipinski definition) is 6. The van der Waals surface area contributed by atoms with Crippen LogP contribution in [0.2, 0.25) is 0 Å². The van der Waals surface area contributed by atoms with Gasteiger partial charge in [-0.3, -0.25) is 9.69 Å². The van der Waals surface area contributed by atoms with Gasteiger partial charge in [0, 0.05) is 36.8 Å². The summed E-state index contributed by atoms with van der Waals surface area (Å²) in [6.07, 6.45) is 13.8. The average Bonchev–Trinajstić information content (AvgIpc) is 3.36. The predicted octanol–water partition coefficient (Wildman–Crippen LogP) is 2.87. The summed E-state index contributed by atoms with van der Waals surface area (Å²) in [6.45, 7) is 1.89. The third-order valence-corrected chi connectivity index (χ3v) is 9.07. The fourth-order valence-corrected chi connectivity index (χ4v) is 7.15. The first-order valence-electron chi connectivity index (χ1n) is 12.6. The molecule has 1 spiro atoms. The summed E-state index contributed by atoms with van der Waals surface area (Å²) in [5.41, 5.74) is 1.07. The van der Waals surface area contributed by atoms with Crippen molar-refractivity contribution in [2.75, 3.05) is 20.1 Å². The van der Waals surface area contributed by atoms with Crippen LogP contribution in [0.3, 0.4) is 0 Å². The number of rotatable bonds is 5. The minimum Gasteiger partial charge on any atom is -0.504 e. The number of likely N-dealkylation sites (tertiary alicyclic amines) is 1. The maximum absolute atomic E-state index is 13.2. The van der Waals surface area contributed by atoms with Gasteiger partial charge in [-0.15, -0.1) is 0 Å². The molecule has 7 heteroatoms. The summed E-state index contributed by atoms with van der Waals surface area (Å²) in [5.74, 6) is 1.14. The molecule has 1 aromatic heterocycles. The maximum atomic E-state index is 13.2. The lowest BCUT2D eigenvalue weighted by atomic mass is 9.50. The molecule has 2 fully saturated rings. The van der Waals surface area contributed by atoms with Crippen LogP contribution in [-0.2, 0) is 16.6 Å². The van der Waals surface area contributed by atoms with Gasteiger partial charge in [0.25, 0.3) is 0 Å². The highest BCUT2D eigenvalue weighted by atomic mass is 16.5. The maximum Gasteiger partial charge on any atom is 0.246 e. The number of phenolic OH excluding ortho intramolecular Hbond substituents is 1. The molecule has 2 aromatic rings. The van der Waals surface area contributed by atoms with Crippen LogP contribution < -0.4 is 4.74 Å². The molecule has 1 aromatic carbocycles. The normalized spacial score (nSPS) is 34.6. The molecule has 1 saturated carbocycles. The molecule has 1 amide bonds. The number of piperidine rings is 1. The number of carbonyl (C=O) groups excluding carboxylic acids is 1.